The highest BCUT2D eigenvalue weighted by Crippen LogP contribution is 2.21. The molecule has 92 valence electrons. The van der Waals surface area contributed by atoms with E-state index in [0.29, 0.717) is 5.92 Å². The Morgan fingerprint density at radius 3 is 2.56 bits per heavy atom. The van der Waals surface area contributed by atoms with Crippen molar-refractivity contribution in [2.45, 2.75) is 44.8 Å². The van der Waals surface area contributed by atoms with Crippen molar-refractivity contribution in [3.63, 3.8) is 0 Å². The number of hydrogen-bond acceptors (Lipinski definition) is 3. The predicted molar refractivity (Wildman–Crippen MR) is 62.0 cm³/mol. The van der Waals surface area contributed by atoms with Crippen LogP contribution >= 0.6 is 0 Å². The third-order valence-electron chi connectivity index (χ3n) is 3.89. The van der Waals surface area contributed by atoms with Gasteiger partial charge in [-0.1, -0.05) is 0 Å². The number of nitrogens with one attached hydrogen (secondary N) is 1. The first-order valence-corrected chi connectivity index (χ1v) is 6.38. The summed E-state index contributed by atoms with van der Waals surface area (Å²) in [5, 5.41) is 12.7. The summed E-state index contributed by atoms with van der Waals surface area (Å²) in [5.41, 5.74) is 0. The van der Waals surface area contributed by atoms with Crippen molar-refractivity contribution in [3.8, 4) is 0 Å². The van der Waals surface area contributed by atoms with Gasteiger partial charge in [-0.3, -0.25) is 4.79 Å². The molecule has 2 aliphatic heterocycles. The van der Waals surface area contributed by atoms with Crippen LogP contribution < -0.4 is 5.32 Å². The molecule has 2 atom stereocenters. The molecule has 0 radical (unpaired) electrons. The minimum atomic E-state index is -0.234. The zero-order valence-electron chi connectivity index (χ0n) is 9.98. The summed E-state index contributed by atoms with van der Waals surface area (Å²) in [5.74, 6) is 0.641. The standard InChI is InChI=1S/C12H22N2O2/c1-9(15)10-4-7-14(8-5-10)12(16)11-3-2-6-13-11/h9-11,13,15H,2-8H2,1H3/t9?,11-/m0/s1. The maximum atomic E-state index is 12.1. The first kappa shape index (κ1) is 11.9. The summed E-state index contributed by atoms with van der Waals surface area (Å²) in [7, 11) is 0. The molecule has 1 unspecified atom stereocenters. The summed E-state index contributed by atoms with van der Waals surface area (Å²) >= 11 is 0. The number of carbonyl (C=O) groups excluding carboxylic acids is 1. The lowest BCUT2D eigenvalue weighted by molar-refractivity contribution is -0.135. The molecule has 2 heterocycles. The van der Waals surface area contributed by atoms with E-state index < -0.39 is 0 Å². The van der Waals surface area contributed by atoms with Crippen molar-refractivity contribution in [2.75, 3.05) is 19.6 Å². The van der Waals surface area contributed by atoms with E-state index in [9.17, 15) is 9.90 Å². The molecule has 1 amide bonds. The lowest BCUT2D eigenvalue weighted by Crippen LogP contribution is -2.47. The minimum absolute atomic E-state index is 0.0584. The fraction of sp³-hybridized carbons (Fsp3) is 0.917. The van der Waals surface area contributed by atoms with Crippen LogP contribution in [0.5, 0.6) is 0 Å². The van der Waals surface area contributed by atoms with E-state index in [1.807, 2.05) is 11.8 Å². The van der Waals surface area contributed by atoms with E-state index in [-0.39, 0.29) is 18.1 Å². The van der Waals surface area contributed by atoms with Crippen LogP contribution in [0.2, 0.25) is 0 Å². The molecular weight excluding hydrogens is 204 g/mol. The first-order valence-electron chi connectivity index (χ1n) is 6.38. The highest BCUT2D eigenvalue weighted by molar-refractivity contribution is 5.82. The highest BCUT2D eigenvalue weighted by Gasteiger charge is 2.30. The van der Waals surface area contributed by atoms with Gasteiger partial charge in [-0.2, -0.15) is 0 Å². The summed E-state index contributed by atoms with van der Waals surface area (Å²) < 4.78 is 0. The van der Waals surface area contributed by atoms with Crippen LogP contribution in [0.3, 0.4) is 0 Å². The maximum Gasteiger partial charge on any atom is 0.239 e. The molecule has 0 bridgehead atoms. The summed E-state index contributed by atoms with van der Waals surface area (Å²) in [6.07, 6.45) is 3.74. The van der Waals surface area contributed by atoms with Crippen LogP contribution in [0.15, 0.2) is 0 Å². The van der Waals surface area contributed by atoms with E-state index in [1.165, 1.54) is 0 Å². The fourth-order valence-electron chi connectivity index (χ4n) is 2.72. The average Bonchev–Trinajstić information content (AvgIpc) is 2.81. The molecule has 2 N–H and O–H groups in total. The van der Waals surface area contributed by atoms with Gasteiger partial charge in [-0.15, -0.1) is 0 Å². The number of rotatable bonds is 2. The van der Waals surface area contributed by atoms with Crippen LogP contribution in [0, 0.1) is 5.92 Å². The minimum Gasteiger partial charge on any atom is -0.393 e. The van der Waals surface area contributed by atoms with E-state index in [4.69, 9.17) is 0 Å². The molecule has 4 heteroatoms. The first-order chi connectivity index (χ1) is 7.68. The van der Waals surface area contributed by atoms with Gasteiger partial charge in [-0.05, 0) is 45.1 Å². The fourth-order valence-corrected chi connectivity index (χ4v) is 2.72. The molecule has 2 saturated heterocycles. The quantitative estimate of drug-likeness (QED) is 0.715. The Morgan fingerprint density at radius 2 is 2.06 bits per heavy atom. The number of nitrogens with zero attached hydrogens (tertiary/aromatic N) is 1. The molecule has 0 saturated carbocycles. The van der Waals surface area contributed by atoms with E-state index in [2.05, 4.69) is 5.32 Å². The molecule has 2 aliphatic rings. The van der Waals surface area contributed by atoms with Crippen LogP contribution in [-0.4, -0.2) is 47.7 Å². The number of hydrogen-bond donors (Lipinski definition) is 2. The topological polar surface area (TPSA) is 52.6 Å². The lowest BCUT2D eigenvalue weighted by Gasteiger charge is -2.34. The molecule has 4 nitrogen and oxygen atoms in total. The van der Waals surface area contributed by atoms with Crippen molar-refractivity contribution in [2.24, 2.45) is 5.92 Å². The van der Waals surface area contributed by atoms with Gasteiger partial charge in [0.25, 0.3) is 0 Å². The monoisotopic (exact) mass is 226 g/mol. The predicted octanol–water partition coefficient (Wildman–Crippen LogP) is 0.358. The maximum absolute atomic E-state index is 12.1. The third kappa shape index (κ3) is 2.55. The van der Waals surface area contributed by atoms with Crippen molar-refractivity contribution in [3.05, 3.63) is 0 Å². The van der Waals surface area contributed by atoms with Crippen LogP contribution in [-0.2, 0) is 4.79 Å². The second-order valence-corrected chi connectivity index (χ2v) is 5.05. The van der Waals surface area contributed by atoms with E-state index in [1.54, 1.807) is 0 Å². The number of aliphatic hydroxyl groups is 1. The van der Waals surface area contributed by atoms with Crippen LogP contribution in [0.25, 0.3) is 0 Å². The van der Waals surface area contributed by atoms with Gasteiger partial charge in [0.15, 0.2) is 0 Å². The van der Waals surface area contributed by atoms with Gasteiger partial charge in [0, 0.05) is 13.1 Å². The number of likely N-dealkylation sites (tertiary alicyclic amines) is 1. The Kier molecular flexibility index (Phi) is 3.82. The van der Waals surface area contributed by atoms with Gasteiger partial charge in [0.05, 0.1) is 12.1 Å². The Bertz CT molecular complexity index is 241. The molecular formula is C12H22N2O2. The Balaban J connectivity index is 1.81. The molecule has 0 aromatic carbocycles. The molecule has 2 rings (SSSR count). The SMILES string of the molecule is CC(O)C1CCN(C(=O)[C@@H]2CCCN2)CC1. The smallest absolute Gasteiger partial charge is 0.239 e. The molecule has 0 spiro atoms. The number of amides is 1. The van der Waals surface area contributed by atoms with E-state index in [0.717, 1.165) is 45.3 Å². The van der Waals surface area contributed by atoms with Gasteiger partial charge in [0.2, 0.25) is 5.91 Å². The Labute approximate surface area is 97.0 Å². The summed E-state index contributed by atoms with van der Waals surface area (Å²) in [6.45, 7) is 4.44. The zero-order valence-corrected chi connectivity index (χ0v) is 9.98. The van der Waals surface area contributed by atoms with Gasteiger partial charge in [-0.25, -0.2) is 0 Å². The van der Waals surface area contributed by atoms with Gasteiger partial charge < -0.3 is 15.3 Å². The van der Waals surface area contributed by atoms with Crippen molar-refractivity contribution in [1.29, 1.82) is 0 Å². The normalized spacial score (nSPS) is 29.4. The summed E-state index contributed by atoms with van der Waals surface area (Å²) in [6, 6.07) is 0.0584. The molecule has 2 fully saturated rings. The number of carbonyl (C=O) groups is 1. The molecule has 0 aromatic rings. The zero-order chi connectivity index (χ0) is 11.5. The summed E-state index contributed by atoms with van der Waals surface area (Å²) in [4.78, 5) is 14.0. The van der Waals surface area contributed by atoms with Crippen molar-refractivity contribution in [1.82, 2.24) is 10.2 Å². The second kappa shape index (κ2) is 5.15. The van der Waals surface area contributed by atoms with Gasteiger partial charge in [0.1, 0.15) is 0 Å². The Hall–Kier alpha value is -0.610. The van der Waals surface area contributed by atoms with Crippen LogP contribution in [0.1, 0.15) is 32.6 Å². The molecule has 0 aliphatic carbocycles. The number of aliphatic hydroxyl groups excluding tert-OH is 1. The van der Waals surface area contributed by atoms with E-state index >= 15 is 0 Å². The molecule has 16 heavy (non-hydrogen) atoms. The highest BCUT2D eigenvalue weighted by atomic mass is 16.3. The largest absolute Gasteiger partial charge is 0.393 e. The lowest BCUT2D eigenvalue weighted by atomic mass is 9.92. The van der Waals surface area contributed by atoms with Crippen LogP contribution in [0.4, 0.5) is 0 Å². The molecule has 0 aromatic heterocycles. The second-order valence-electron chi connectivity index (χ2n) is 5.05. The third-order valence-corrected chi connectivity index (χ3v) is 3.89. The average molecular weight is 226 g/mol. The number of piperidine rings is 1. The van der Waals surface area contributed by atoms with Crippen molar-refractivity contribution >= 4 is 5.91 Å². The Morgan fingerprint density at radius 1 is 1.38 bits per heavy atom. The van der Waals surface area contributed by atoms with Gasteiger partial charge >= 0.3 is 0 Å². The van der Waals surface area contributed by atoms with Crippen molar-refractivity contribution < 1.29 is 9.90 Å².